The SMILES string of the molecule is O=NC1(OC(=O)C(F)(F)F)CCN(C(=O)c2ccccc2)CC1. The van der Waals surface area contributed by atoms with Gasteiger partial charge in [0.2, 0.25) is 5.72 Å². The van der Waals surface area contributed by atoms with E-state index < -0.39 is 17.9 Å². The molecule has 1 aliphatic rings. The number of likely N-dealkylation sites (tertiary alicyclic amines) is 1. The van der Waals surface area contributed by atoms with Gasteiger partial charge in [-0.3, -0.25) is 4.79 Å². The molecule has 0 radical (unpaired) electrons. The van der Waals surface area contributed by atoms with Gasteiger partial charge in [0.1, 0.15) is 0 Å². The van der Waals surface area contributed by atoms with Gasteiger partial charge in [-0.05, 0) is 17.3 Å². The maximum absolute atomic E-state index is 12.3. The van der Waals surface area contributed by atoms with Crippen molar-refractivity contribution in [3.05, 3.63) is 40.8 Å². The van der Waals surface area contributed by atoms with Gasteiger partial charge >= 0.3 is 12.1 Å². The molecule has 6 nitrogen and oxygen atoms in total. The summed E-state index contributed by atoms with van der Waals surface area (Å²) in [4.78, 5) is 35.4. The molecule has 0 atom stereocenters. The number of nitroso groups, excluding NO2 is 1. The minimum absolute atomic E-state index is 0.0371. The quantitative estimate of drug-likeness (QED) is 0.630. The summed E-state index contributed by atoms with van der Waals surface area (Å²) in [6.07, 6.45) is -5.76. The Labute approximate surface area is 129 Å². The number of carbonyl (C=O) groups is 2. The number of ether oxygens (including phenoxy) is 1. The second-order valence-corrected chi connectivity index (χ2v) is 5.08. The first-order valence-corrected chi connectivity index (χ1v) is 6.76. The third-order valence-corrected chi connectivity index (χ3v) is 3.53. The zero-order valence-electron chi connectivity index (χ0n) is 11.9. The molecule has 0 bridgehead atoms. The van der Waals surface area contributed by atoms with E-state index in [0.29, 0.717) is 5.56 Å². The number of hydrogen-bond donors (Lipinski definition) is 0. The van der Waals surface area contributed by atoms with E-state index in [4.69, 9.17) is 0 Å². The molecule has 0 N–H and O–H groups in total. The number of esters is 1. The molecule has 23 heavy (non-hydrogen) atoms. The van der Waals surface area contributed by atoms with Gasteiger partial charge in [-0.2, -0.15) is 13.2 Å². The Morgan fingerprint density at radius 3 is 2.17 bits per heavy atom. The topological polar surface area (TPSA) is 76.0 Å². The first-order chi connectivity index (χ1) is 10.8. The van der Waals surface area contributed by atoms with Crippen molar-refractivity contribution in [3.63, 3.8) is 0 Å². The van der Waals surface area contributed by atoms with Gasteiger partial charge in [-0.25, -0.2) is 4.79 Å². The predicted octanol–water partition coefficient (Wildman–Crippen LogP) is 2.49. The highest BCUT2D eigenvalue weighted by Crippen LogP contribution is 2.31. The van der Waals surface area contributed by atoms with Crippen LogP contribution >= 0.6 is 0 Å². The van der Waals surface area contributed by atoms with Crippen molar-refractivity contribution in [3.8, 4) is 0 Å². The number of rotatable bonds is 3. The van der Waals surface area contributed by atoms with Crippen molar-refractivity contribution in [1.29, 1.82) is 0 Å². The number of benzene rings is 1. The molecule has 1 fully saturated rings. The van der Waals surface area contributed by atoms with E-state index in [9.17, 15) is 27.7 Å². The molecule has 1 aromatic carbocycles. The monoisotopic (exact) mass is 330 g/mol. The standard InChI is InChI=1S/C14H13F3N2O4/c15-14(16,17)12(21)23-13(18-22)6-8-19(9-7-13)11(20)10-4-2-1-3-5-10/h1-5H,6-9H2. The number of nitrogens with zero attached hydrogens (tertiary/aromatic N) is 2. The molecular formula is C14H13F3N2O4. The van der Waals surface area contributed by atoms with Crippen molar-refractivity contribution < 1.29 is 27.5 Å². The van der Waals surface area contributed by atoms with Crippen LogP contribution in [0.25, 0.3) is 0 Å². The van der Waals surface area contributed by atoms with Crippen LogP contribution in [0.3, 0.4) is 0 Å². The summed E-state index contributed by atoms with van der Waals surface area (Å²) < 4.78 is 41.0. The Bertz CT molecular complexity index is 596. The number of halogens is 3. The molecule has 1 aromatic rings. The fourth-order valence-corrected chi connectivity index (χ4v) is 2.26. The highest BCUT2D eigenvalue weighted by Gasteiger charge is 2.49. The van der Waals surface area contributed by atoms with Gasteiger partial charge < -0.3 is 9.64 Å². The highest BCUT2D eigenvalue weighted by molar-refractivity contribution is 5.94. The summed E-state index contributed by atoms with van der Waals surface area (Å²) in [5.41, 5.74) is -1.66. The third kappa shape index (κ3) is 3.85. The van der Waals surface area contributed by atoms with Gasteiger partial charge in [-0.1, -0.05) is 18.2 Å². The molecule has 0 aliphatic carbocycles. The molecule has 0 saturated carbocycles. The normalized spacial score (nSPS) is 17.4. The lowest BCUT2D eigenvalue weighted by molar-refractivity contribution is -0.216. The number of alkyl halides is 3. The fourth-order valence-electron chi connectivity index (χ4n) is 2.26. The van der Waals surface area contributed by atoms with Crippen molar-refractivity contribution in [2.45, 2.75) is 24.7 Å². The summed E-state index contributed by atoms with van der Waals surface area (Å²) in [6.45, 7) is -0.0742. The summed E-state index contributed by atoms with van der Waals surface area (Å²) in [5.74, 6) is -2.77. The zero-order valence-corrected chi connectivity index (χ0v) is 11.9. The molecule has 1 amide bonds. The van der Waals surface area contributed by atoms with Crippen LogP contribution in [0.4, 0.5) is 13.2 Å². The summed E-state index contributed by atoms with van der Waals surface area (Å²) in [5, 5.41) is 2.57. The number of carbonyl (C=O) groups excluding carboxylic acids is 2. The average molecular weight is 330 g/mol. The van der Waals surface area contributed by atoms with E-state index in [0.717, 1.165) is 0 Å². The molecule has 1 saturated heterocycles. The summed E-state index contributed by atoms with van der Waals surface area (Å²) in [7, 11) is 0. The lowest BCUT2D eigenvalue weighted by Gasteiger charge is -2.36. The van der Waals surface area contributed by atoms with Gasteiger partial charge in [0.15, 0.2) is 0 Å². The first-order valence-electron chi connectivity index (χ1n) is 6.76. The predicted molar refractivity (Wildman–Crippen MR) is 72.3 cm³/mol. The zero-order chi connectivity index (χ0) is 17.1. The van der Waals surface area contributed by atoms with Crippen molar-refractivity contribution >= 4 is 11.9 Å². The molecule has 1 aliphatic heterocycles. The van der Waals surface area contributed by atoms with E-state index in [1.165, 1.54) is 4.90 Å². The van der Waals surface area contributed by atoms with Crippen molar-refractivity contribution in [1.82, 2.24) is 4.90 Å². The number of hydrogen-bond acceptors (Lipinski definition) is 5. The maximum atomic E-state index is 12.3. The van der Waals surface area contributed by atoms with Gasteiger partial charge in [0.05, 0.1) is 0 Å². The van der Waals surface area contributed by atoms with E-state index >= 15 is 0 Å². The molecule has 9 heteroatoms. The maximum Gasteiger partial charge on any atom is 0.491 e. The van der Waals surface area contributed by atoms with Crippen LogP contribution in [-0.2, 0) is 9.53 Å². The Kier molecular flexibility index (Phi) is 4.67. The molecule has 0 unspecified atom stereocenters. The lowest BCUT2D eigenvalue weighted by Crippen LogP contribution is -2.49. The van der Waals surface area contributed by atoms with Crippen molar-refractivity contribution in [2.75, 3.05) is 13.1 Å². The van der Waals surface area contributed by atoms with Crippen LogP contribution in [0.1, 0.15) is 23.2 Å². The number of piperidine rings is 1. The van der Waals surface area contributed by atoms with Gasteiger partial charge in [-0.15, -0.1) is 4.91 Å². The highest BCUT2D eigenvalue weighted by atomic mass is 19.4. The van der Waals surface area contributed by atoms with Crippen LogP contribution in [0.2, 0.25) is 0 Å². The van der Waals surface area contributed by atoms with E-state index in [1.54, 1.807) is 30.3 Å². The number of amides is 1. The second-order valence-electron chi connectivity index (χ2n) is 5.08. The van der Waals surface area contributed by atoms with E-state index in [2.05, 4.69) is 9.91 Å². The Morgan fingerprint density at radius 1 is 1.13 bits per heavy atom. The van der Waals surface area contributed by atoms with Crippen LogP contribution in [-0.4, -0.2) is 41.8 Å². The van der Waals surface area contributed by atoms with Crippen LogP contribution < -0.4 is 0 Å². The molecule has 0 spiro atoms. The Hall–Kier alpha value is -2.45. The van der Waals surface area contributed by atoms with Crippen LogP contribution in [0.15, 0.2) is 35.5 Å². The Morgan fingerprint density at radius 2 is 1.70 bits per heavy atom. The average Bonchev–Trinajstić information content (AvgIpc) is 2.55. The first kappa shape index (κ1) is 16.9. The van der Waals surface area contributed by atoms with E-state index in [-0.39, 0.29) is 31.8 Å². The van der Waals surface area contributed by atoms with Crippen LogP contribution in [0.5, 0.6) is 0 Å². The van der Waals surface area contributed by atoms with Gasteiger partial charge in [0.25, 0.3) is 5.91 Å². The largest absolute Gasteiger partial charge is 0.491 e. The minimum atomic E-state index is -5.20. The summed E-state index contributed by atoms with van der Waals surface area (Å²) in [6, 6.07) is 8.31. The molecule has 124 valence electrons. The molecular weight excluding hydrogens is 317 g/mol. The van der Waals surface area contributed by atoms with Gasteiger partial charge in [0, 0.05) is 31.5 Å². The van der Waals surface area contributed by atoms with Crippen LogP contribution in [0, 0.1) is 4.91 Å². The fraction of sp³-hybridized carbons (Fsp3) is 0.429. The lowest BCUT2D eigenvalue weighted by atomic mass is 10.00. The summed E-state index contributed by atoms with van der Waals surface area (Å²) >= 11 is 0. The Balaban J connectivity index is 2.02. The van der Waals surface area contributed by atoms with E-state index in [1.807, 2.05) is 0 Å². The second kappa shape index (κ2) is 6.35. The third-order valence-electron chi connectivity index (χ3n) is 3.53. The molecule has 2 rings (SSSR count). The van der Waals surface area contributed by atoms with Crippen molar-refractivity contribution in [2.24, 2.45) is 5.18 Å². The minimum Gasteiger partial charge on any atom is -0.427 e. The molecule has 0 aromatic heterocycles. The smallest absolute Gasteiger partial charge is 0.427 e. The molecule has 1 heterocycles.